The summed E-state index contributed by atoms with van der Waals surface area (Å²) in [6.45, 7) is 0. The summed E-state index contributed by atoms with van der Waals surface area (Å²) in [7, 11) is 1.54. The van der Waals surface area contributed by atoms with E-state index in [1.807, 2.05) is 6.07 Å². The van der Waals surface area contributed by atoms with E-state index in [1.165, 1.54) is 0 Å². The number of aromatic hydroxyl groups is 1. The third-order valence-corrected chi connectivity index (χ3v) is 2.80. The summed E-state index contributed by atoms with van der Waals surface area (Å²) in [5.41, 5.74) is 1.29. The number of hydrogen-bond donors (Lipinski definition) is 1. The Morgan fingerprint density at radius 2 is 1.84 bits per heavy atom. The monoisotopic (exact) mass is 253 g/mol. The zero-order valence-electron chi connectivity index (χ0n) is 10.2. The summed E-state index contributed by atoms with van der Waals surface area (Å²) in [6.07, 6.45) is 3.33. The second kappa shape index (κ2) is 4.53. The van der Waals surface area contributed by atoms with Crippen LogP contribution >= 0.6 is 0 Å². The lowest BCUT2D eigenvalue weighted by atomic mass is 10.2. The van der Waals surface area contributed by atoms with Crippen molar-refractivity contribution < 1.29 is 9.84 Å². The lowest BCUT2D eigenvalue weighted by molar-refractivity contribution is 0.403. The fourth-order valence-electron chi connectivity index (χ4n) is 1.89. The zero-order chi connectivity index (χ0) is 13.2. The molecule has 0 atom stereocenters. The van der Waals surface area contributed by atoms with E-state index in [1.54, 1.807) is 43.8 Å². The largest absolute Gasteiger partial charge is 0.506 e. The van der Waals surface area contributed by atoms with E-state index in [0.29, 0.717) is 22.6 Å². The highest BCUT2D eigenvalue weighted by molar-refractivity contribution is 5.89. The van der Waals surface area contributed by atoms with Crippen LogP contribution in [0.2, 0.25) is 0 Å². The van der Waals surface area contributed by atoms with Crippen LogP contribution in [0.4, 0.5) is 0 Å². The fourth-order valence-corrected chi connectivity index (χ4v) is 1.89. The molecule has 0 unspecified atom stereocenters. The first-order valence-electron chi connectivity index (χ1n) is 5.73. The van der Waals surface area contributed by atoms with Crippen molar-refractivity contribution in [1.29, 1.82) is 0 Å². The lowest BCUT2D eigenvalue weighted by Crippen LogP contribution is -1.96. The van der Waals surface area contributed by atoms with Gasteiger partial charge in [0.2, 0.25) is 5.88 Å². The Labute approximate surface area is 109 Å². The van der Waals surface area contributed by atoms with E-state index in [-0.39, 0.29) is 5.75 Å². The Kier molecular flexibility index (Phi) is 2.72. The van der Waals surface area contributed by atoms with Crippen molar-refractivity contribution >= 4 is 10.9 Å². The number of nitrogens with zero attached hydrogens (tertiary/aromatic N) is 3. The van der Waals surface area contributed by atoms with Crippen molar-refractivity contribution in [2.24, 2.45) is 0 Å². The number of ether oxygens (including phenoxy) is 1. The zero-order valence-corrected chi connectivity index (χ0v) is 10.2. The molecule has 0 saturated carbocycles. The molecule has 0 radical (unpaired) electrons. The van der Waals surface area contributed by atoms with Crippen LogP contribution < -0.4 is 4.74 Å². The number of rotatable bonds is 2. The van der Waals surface area contributed by atoms with Gasteiger partial charge in [0.15, 0.2) is 5.82 Å². The van der Waals surface area contributed by atoms with E-state index >= 15 is 0 Å². The van der Waals surface area contributed by atoms with Crippen LogP contribution in [0, 0.1) is 0 Å². The Morgan fingerprint density at radius 3 is 2.58 bits per heavy atom. The first-order chi connectivity index (χ1) is 9.29. The molecule has 3 aromatic rings. The van der Waals surface area contributed by atoms with Crippen molar-refractivity contribution in [3.63, 3.8) is 0 Å². The predicted molar refractivity (Wildman–Crippen MR) is 71.0 cm³/mol. The maximum Gasteiger partial charge on any atom is 0.224 e. The molecule has 0 fully saturated rings. The molecule has 1 N–H and O–H groups in total. The van der Waals surface area contributed by atoms with Crippen molar-refractivity contribution in [3.05, 3.63) is 42.7 Å². The molecule has 19 heavy (non-hydrogen) atoms. The SMILES string of the molecule is COc1nc(-c2ccncc2)nc2c(O)cccc12. The highest BCUT2D eigenvalue weighted by Crippen LogP contribution is 2.30. The van der Waals surface area contributed by atoms with E-state index in [4.69, 9.17) is 4.74 Å². The van der Waals surface area contributed by atoms with Gasteiger partial charge in [0, 0.05) is 18.0 Å². The number of benzene rings is 1. The van der Waals surface area contributed by atoms with E-state index in [2.05, 4.69) is 15.0 Å². The highest BCUT2D eigenvalue weighted by Gasteiger charge is 2.12. The van der Waals surface area contributed by atoms with E-state index in [9.17, 15) is 5.11 Å². The summed E-state index contributed by atoms with van der Waals surface area (Å²) in [6, 6.07) is 8.74. The number of phenols is 1. The van der Waals surface area contributed by atoms with Gasteiger partial charge in [-0.1, -0.05) is 6.07 Å². The van der Waals surface area contributed by atoms with Gasteiger partial charge in [0.25, 0.3) is 0 Å². The molecule has 94 valence electrons. The molecule has 0 spiro atoms. The second-order valence-electron chi connectivity index (χ2n) is 3.97. The summed E-state index contributed by atoms with van der Waals surface area (Å²) in [5, 5.41) is 10.6. The molecular formula is C14H11N3O2. The maximum absolute atomic E-state index is 9.90. The number of phenolic OH excluding ortho intramolecular Hbond substituents is 1. The second-order valence-corrected chi connectivity index (χ2v) is 3.97. The number of aromatic nitrogens is 3. The first-order valence-corrected chi connectivity index (χ1v) is 5.73. The molecule has 0 bridgehead atoms. The molecule has 2 heterocycles. The van der Waals surface area contributed by atoms with E-state index in [0.717, 1.165) is 5.56 Å². The van der Waals surface area contributed by atoms with Crippen molar-refractivity contribution in [2.75, 3.05) is 7.11 Å². The summed E-state index contributed by atoms with van der Waals surface area (Å²) in [4.78, 5) is 12.7. The molecule has 0 aliphatic heterocycles. The molecule has 5 heteroatoms. The first kappa shape index (κ1) is 11.4. The molecule has 0 aliphatic carbocycles. The Morgan fingerprint density at radius 1 is 1.05 bits per heavy atom. The van der Waals surface area contributed by atoms with Crippen LogP contribution in [0.25, 0.3) is 22.3 Å². The smallest absolute Gasteiger partial charge is 0.224 e. The Balaban J connectivity index is 2.31. The van der Waals surface area contributed by atoms with Gasteiger partial charge in [-0.05, 0) is 24.3 Å². The minimum absolute atomic E-state index is 0.105. The predicted octanol–water partition coefficient (Wildman–Crippen LogP) is 2.41. The van der Waals surface area contributed by atoms with Crippen LogP contribution in [0.5, 0.6) is 11.6 Å². The van der Waals surface area contributed by atoms with Gasteiger partial charge in [0.05, 0.1) is 12.5 Å². The van der Waals surface area contributed by atoms with Crippen molar-refractivity contribution in [2.45, 2.75) is 0 Å². The molecule has 0 saturated heterocycles. The molecule has 2 aromatic heterocycles. The molecule has 5 nitrogen and oxygen atoms in total. The molecular weight excluding hydrogens is 242 g/mol. The number of para-hydroxylation sites is 1. The topological polar surface area (TPSA) is 68.1 Å². The highest BCUT2D eigenvalue weighted by atomic mass is 16.5. The van der Waals surface area contributed by atoms with Crippen LogP contribution in [0.1, 0.15) is 0 Å². The maximum atomic E-state index is 9.90. The Hall–Kier alpha value is -2.69. The van der Waals surface area contributed by atoms with Gasteiger partial charge >= 0.3 is 0 Å². The van der Waals surface area contributed by atoms with Gasteiger partial charge in [-0.2, -0.15) is 4.98 Å². The summed E-state index contributed by atoms with van der Waals surface area (Å²) >= 11 is 0. The number of pyridine rings is 1. The summed E-state index contributed by atoms with van der Waals surface area (Å²) < 4.78 is 5.27. The quantitative estimate of drug-likeness (QED) is 0.759. The van der Waals surface area contributed by atoms with Crippen LogP contribution in [0.3, 0.4) is 0 Å². The van der Waals surface area contributed by atoms with Gasteiger partial charge in [0.1, 0.15) is 11.3 Å². The van der Waals surface area contributed by atoms with Gasteiger partial charge in [-0.15, -0.1) is 0 Å². The van der Waals surface area contributed by atoms with Crippen LogP contribution in [-0.4, -0.2) is 27.2 Å². The molecule has 0 aliphatic rings. The van der Waals surface area contributed by atoms with Crippen molar-refractivity contribution in [3.8, 4) is 23.0 Å². The van der Waals surface area contributed by atoms with Gasteiger partial charge in [-0.25, -0.2) is 4.98 Å². The van der Waals surface area contributed by atoms with Gasteiger partial charge in [-0.3, -0.25) is 4.98 Å². The fraction of sp³-hybridized carbons (Fsp3) is 0.0714. The molecule has 0 amide bonds. The average molecular weight is 253 g/mol. The lowest BCUT2D eigenvalue weighted by Gasteiger charge is -2.08. The average Bonchev–Trinajstić information content (AvgIpc) is 2.48. The minimum Gasteiger partial charge on any atom is -0.506 e. The third-order valence-electron chi connectivity index (χ3n) is 2.80. The molecule has 3 rings (SSSR count). The number of hydrogen-bond acceptors (Lipinski definition) is 5. The molecule has 1 aromatic carbocycles. The minimum atomic E-state index is 0.105. The summed E-state index contributed by atoms with van der Waals surface area (Å²) in [5.74, 6) is 1.04. The standard InChI is InChI=1S/C14H11N3O2/c1-19-14-10-3-2-4-11(18)12(10)16-13(17-14)9-5-7-15-8-6-9/h2-8,18H,1H3. The third kappa shape index (κ3) is 1.95. The van der Waals surface area contributed by atoms with E-state index < -0.39 is 0 Å². The van der Waals surface area contributed by atoms with Crippen LogP contribution in [0.15, 0.2) is 42.7 Å². The van der Waals surface area contributed by atoms with Gasteiger partial charge < -0.3 is 9.84 Å². The Bertz CT molecular complexity index is 729. The van der Waals surface area contributed by atoms with Crippen LogP contribution in [-0.2, 0) is 0 Å². The number of fused-ring (bicyclic) bond motifs is 1. The normalized spacial score (nSPS) is 10.6. The van der Waals surface area contributed by atoms with Crippen molar-refractivity contribution in [1.82, 2.24) is 15.0 Å². The number of methoxy groups -OCH3 is 1.